The summed E-state index contributed by atoms with van der Waals surface area (Å²) in [6.07, 6.45) is 0. The van der Waals surface area contributed by atoms with Crippen LogP contribution in [-0.4, -0.2) is 44.2 Å². The van der Waals surface area contributed by atoms with Gasteiger partial charge < -0.3 is 5.32 Å². The van der Waals surface area contributed by atoms with Crippen molar-refractivity contribution in [2.75, 3.05) is 11.9 Å². The molecule has 7 heteroatoms. The monoisotopic (exact) mass is 494 g/mol. The molecule has 1 N–H and O–H groups in total. The van der Waals surface area contributed by atoms with Crippen LogP contribution in [0.3, 0.4) is 0 Å². The first-order valence-electron chi connectivity index (χ1n) is 12.3. The van der Waals surface area contributed by atoms with Crippen LogP contribution in [0.25, 0.3) is 10.9 Å². The summed E-state index contributed by atoms with van der Waals surface area (Å²) in [6.45, 7) is 17.8. The Morgan fingerprint density at radius 3 is 2.23 bits per heavy atom. The molecule has 0 fully saturated rings. The Hall–Kier alpha value is -2.64. The molecule has 0 unspecified atom stereocenters. The second-order valence-corrected chi connectivity index (χ2v) is 11.1. The van der Waals surface area contributed by atoms with Crippen LogP contribution in [0.5, 0.6) is 0 Å². The van der Waals surface area contributed by atoms with Gasteiger partial charge in [0.15, 0.2) is 5.16 Å². The topological polar surface area (TPSA) is 67.2 Å². The van der Waals surface area contributed by atoms with Crippen LogP contribution in [0, 0.1) is 20.8 Å². The molecule has 0 aliphatic heterocycles. The third-order valence-corrected chi connectivity index (χ3v) is 7.40. The first-order valence-corrected chi connectivity index (χ1v) is 13.2. The molecular weight excluding hydrogens is 456 g/mol. The molecule has 3 rings (SSSR count). The van der Waals surface area contributed by atoms with Gasteiger partial charge >= 0.3 is 0 Å². The van der Waals surface area contributed by atoms with Crippen LogP contribution in [-0.2, 0) is 11.3 Å². The van der Waals surface area contributed by atoms with Gasteiger partial charge in [-0.25, -0.2) is 4.98 Å². The Bertz CT molecular complexity index is 1230. The van der Waals surface area contributed by atoms with Gasteiger partial charge in [0.2, 0.25) is 5.91 Å². The standard InChI is InChI=1S/C28H38N4O2S/c1-17(2)31(18(3)4)13-14-32-27(34)23-11-9-10-12-24(23)29-28(32)35-22(8)26(33)30-25-20(6)15-19(5)16-21(25)7/h9-12,15-18,22H,13-14H2,1-8H3,(H,30,33)/t22-/m0/s1. The highest BCUT2D eigenvalue weighted by Gasteiger charge is 2.22. The number of benzene rings is 2. The van der Waals surface area contributed by atoms with Gasteiger partial charge in [0, 0.05) is 30.9 Å². The summed E-state index contributed by atoms with van der Waals surface area (Å²) < 4.78 is 1.73. The molecule has 0 bridgehead atoms. The lowest BCUT2D eigenvalue weighted by Crippen LogP contribution is -2.40. The number of anilines is 1. The molecule has 0 spiro atoms. The molecule has 1 amide bonds. The first kappa shape index (κ1) is 27.0. The number of hydrogen-bond donors (Lipinski definition) is 1. The number of para-hydroxylation sites is 1. The Morgan fingerprint density at radius 1 is 1.03 bits per heavy atom. The number of aryl methyl sites for hydroxylation is 3. The van der Waals surface area contributed by atoms with Crippen LogP contribution in [0.1, 0.15) is 51.3 Å². The number of aromatic nitrogens is 2. The Morgan fingerprint density at radius 2 is 1.63 bits per heavy atom. The summed E-state index contributed by atoms with van der Waals surface area (Å²) in [7, 11) is 0. The number of nitrogens with zero attached hydrogens (tertiary/aromatic N) is 3. The fourth-order valence-corrected chi connectivity index (χ4v) is 5.51. The van der Waals surface area contributed by atoms with E-state index in [0.29, 0.717) is 34.7 Å². The Labute approximate surface area is 213 Å². The van der Waals surface area contributed by atoms with Crippen molar-refractivity contribution in [2.24, 2.45) is 0 Å². The van der Waals surface area contributed by atoms with E-state index in [0.717, 1.165) is 23.4 Å². The number of carbonyl (C=O) groups excluding carboxylic acids is 1. The highest BCUT2D eigenvalue weighted by molar-refractivity contribution is 8.00. The summed E-state index contributed by atoms with van der Waals surface area (Å²) in [6, 6.07) is 12.3. The van der Waals surface area contributed by atoms with E-state index >= 15 is 0 Å². The average molecular weight is 495 g/mol. The fourth-order valence-electron chi connectivity index (χ4n) is 4.58. The van der Waals surface area contributed by atoms with Crippen molar-refractivity contribution in [3.63, 3.8) is 0 Å². The summed E-state index contributed by atoms with van der Waals surface area (Å²) in [5, 5.41) is 3.83. The van der Waals surface area contributed by atoms with Crippen LogP contribution in [0.15, 0.2) is 46.3 Å². The zero-order valence-electron chi connectivity index (χ0n) is 22.2. The highest BCUT2D eigenvalue weighted by atomic mass is 32.2. The van der Waals surface area contributed by atoms with Gasteiger partial charge in [-0.3, -0.25) is 19.1 Å². The van der Waals surface area contributed by atoms with Crippen molar-refractivity contribution in [3.8, 4) is 0 Å². The molecule has 1 heterocycles. The number of carbonyl (C=O) groups is 1. The lowest BCUT2D eigenvalue weighted by molar-refractivity contribution is -0.115. The molecule has 0 saturated carbocycles. The molecule has 0 aliphatic rings. The number of rotatable bonds is 9. The maximum atomic E-state index is 13.5. The maximum absolute atomic E-state index is 13.5. The molecule has 1 atom stereocenters. The van der Waals surface area contributed by atoms with Crippen molar-refractivity contribution in [1.29, 1.82) is 0 Å². The van der Waals surface area contributed by atoms with Gasteiger partial charge in [0.25, 0.3) is 5.56 Å². The minimum Gasteiger partial charge on any atom is -0.325 e. The zero-order valence-corrected chi connectivity index (χ0v) is 23.0. The molecule has 188 valence electrons. The third-order valence-electron chi connectivity index (χ3n) is 6.31. The SMILES string of the molecule is Cc1cc(C)c(NC(=O)[C@H](C)Sc2nc3ccccc3c(=O)n2CCN(C(C)C)C(C)C)c(C)c1. The molecule has 1 aromatic heterocycles. The predicted molar refractivity (Wildman–Crippen MR) is 148 cm³/mol. The Balaban J connectivity index is 1.91. The van der Waals surface area contributed by atoms with Gasteiger partial charge in [-0.15, -0.1) is 0 Å². The molecule has 0 saturated heterocycles. The molecule has 0 aliphatic carbocycles. The molecule has 6 nitrogen and oxygen atoms in total. The highest BCUT2D eigenvalue weighted by Crippen LogP contribution is 2.26. The van der Waals surface area contributed by atoms with Crippen LogP contribution in [0.2, 0.25) is 0 Å². The van der Waals surface area contributed by atoms with Gasteiger partial charge in [0.05, 0.1) is 16.2 Å². The number of nitrogens with one attached hydrogen (secondary N) is 1. The van der Waals surface area contributed by atoms with E-state index < -0.39 is 5.25 Å². The van der Waals surface area contributed by atoms with Gasteiger partial charge in [-0.05, 0) is 78.6 Å². The van der Waals surface area contributed by atoms with E-state index in [9.17, 15) is 9.59 Å². The van der Waals surface area contributed by atoms with Crippen molar-refractivity contribution in [1.82, 2.24) is 14.5 Å². The lowest BCUT2D eigenvalue weighted by atomic mass is 10.1. The Kier molecular flexibility index (Phi) is 8.78. The quantitative estimate of drug-likeness (QED) is 0.312. The zero-order chi connectivity index (χ0) is 25.9. The van der Waals surface area contributed by atoms with E-state index in [1.165, 1.54) is 17.3 Å². The third kappa shape index (κ3) is 6.33. The number of amides is 1. The van der Waals surface area contributed by atoms with Gasteiger partial charge in [-0.2, -0.15) is 0 Å². The van der Waals surface area contributed by atoms with E-state index in [1.807, 2.05) is 45.0 Å². The van der Waals surface area contributed by atoms with Crippen LogP contribution in [0.4, 0.5) is 5.69 Å². The fraction of sp³-hybridized carbons (Fsp3) is 0.464. The normalized spacial score (nSPS) is 12.7. The van der Waals surface area contributed by atoms with Crippen LogP contribution >= 0.6 is 11.8 Å². The van der Waals surface area contributed by atoms with E-state index in [2.05, 4.69) is 57.0 Å². The van der Waals surface area contributed by atoms with Crippen molar-refractivity contribution in [3.05, 3.63) is 63.4 Å². The number of fused-ring (bicyclic) bond motifs is 1. The minimum atomic E-state index is -0.430. The summed E-state index contributed by atoms with van der Waals surface area (Å²) in [5.41, 5.74) is 4.68. The molecular formula is C28H38N4O2S. The first-order chi connectivity index (χ1) is 16.5. The van der Waals surface area contributed by atoms with Crippen molar-refractivity contribution in [2.45, 2.75) is 84.4 Å². The van der Waals surface area contributed by atoms with Crippen molar-refractivity contribution < 1.29 is 4.79 Å². The van der Waals surface area contributed by atoms with E-state index in [-0.39, 0.29) is 11.5 Å². The average Bonchev–Trinajstić information content (AvgIpc) is 2.77. The number of hydrogen-bond acceptors (Lipinski definition) is 5. The summed E-state index contributed by atoms with van der Waals surface area (Å²) in [5.74, 6) is -0.106. The number of thioether (sulfide) groups is 1. The van der Waals surface area contributed by atoms with E-state index in [4.69, 9.17) is 4.98 Å². The maximum Gasteiger partial charge on any atom is 0.262 e. The van der Waals surface area contributed by atoms with E-state index in [1.54, 1.807) is 4.57 Å². The van der Waals surface area contributed by atoms with Crippen molar-refractivity contribution >= 4 is 34.3 Å². The molecule has 0 radical (unpaired) electrons. The van der Waals surface area contributed by atoms with Gasteiger partial charge in [-0.1, -0.05) is 41.6 Å². The molecule has 2 aromatic carbocycles. The molecule has 3 aromatic rings. The smallest absolute Gasteiger partial charge is 0.262 e. The second kappa shape index (κ2) is 11.4. The second-order valence-electron chi connectivity index (χ2n) is 9.82. The summed E-state index contributed by atoms with van der Waals surface area (Å²) >= 11 is 1.33. The van der Waals surface area contributed by atoms with Gasteiger partial charge in [0.1, 0.15) is 0 Å². The lowest BCUT2D eigenvalue weighted by Gasteiger charge is -2.31. The minimum absolute atomic E-state index is 0.0663. The summed E-state index contributed by atoms with van der Waals surface area (Å²) in [4.78, 5) is 33.8. The van der Waals surface area contributed by atoms with Crippen LogP contribution < -0.4 is 10.9 Å². The predicted octanol–water partition coefficient (Wildman–Crippen LogP) is 5.56. The largest absolute Gasteiger partial charge is 0.325 e. The molecule has 35 heavy (non-hydrogen) atoms.